The monoisotopic (exact) mass is 329 g/mol. The molecule has 5 rings (SSSR count). The van der Waals surface area contributed by atoms with Crippen molar-refractivity contribution < 1.29 is 14.3 Å². The van der Waals surface area contributed by atoms with Crippen LogP contribution >= 0.6 is 0 Å². The molecule has 0 radical (unpaired) electrons. The molecule has 0 saturated heterocycles. The maximum atomic E-state index is 12.7. The highest BCUT2D eigenvalue weighted by molar-refractivity contribution is 5.97. The fourth-order valence-electron chi connectivity index (χ4n) is 5.86. The highest BCUT2D eigenvalue weighted by Crippen LogP contribution is 2.59. The second-order valence-electron chi connectivity index (χ2n) is 8.17. The van der Waals surface area contributed by atoms with Crippen LogP contribution in [0.3, 0.4) is 0 Å². The van der Waals surface area contributed by atoms with Gasteiger partial charge in [-0.25, -0.2) is 0 Å². The number of hydrogen-bond donors (Lipinski definition) is 1. The third-order valence-electron chi connectivity index (χ3n) is 6.44. The molecule has 0 atom stereocenters. The van der Waals surface area contributed by atoms with Gasteiger partial charge in [0.25, 0.3) is 5.91 Å². The molecule has 0 unspecified atom stereocenters. The number of nitrogens with one attached hydrogen (secondary N) is 1. The third-order valence-corrected chi connectivity index (χ3v) is 6.44. The molecule has 0 spiro atoms. The standard InChI is InChI=1S/C20H27NO3/c1-23-16-3-4-17(18(8-16)24-2)19(22)21-12-20-9-13-5-14(10-20)7-15(6-13)11-20/h3-4,8,13-15H,5-7,9-12H2,1-2H3,(H,21,22). The summed E-state index contributed by atoms with van der Waals surface area (Å²) in [4.78, 5) is 12.7. The van der Waals surface area contributed by atoms with Crippen LogP contribution in [0.1, 0.15) is 48.9 Å². The summed E-state index contributed by atoms with van der Waals surface area (Å²) in [5, 5.41) is 3.21. The van der Waals surface area contributed by atoms with Gasteiger partial charge in [0.2, 0.25) is 0 Å². The van der Waals surface area contributed by atoms with Crippen LogP contribution in [0.4, 0.5) is 0 Å². The summed E-state index contributed by atoms with van der Waals surface area (Å²) in [7, 11) is 3.20. The maximum absolute atomic E-state index is 12.7. The summed E-state index contributed by atoms with van der Waals surface area (Å²) in [5.74, 6) is 3.95. The van der Waals surface area contributed by atoms with E-state index in [1.165, 1.54) is 38.5 Å². The smallest absolute Gasteiger partial charge is 0.255 e. The second kappa shape index (κ2) is 5.98. The molecule has 0 heterocycles. The molecule has 1 amide bonds. The SMILES string of the molecule is COc1ccc(C(=O)NCC23CC4CC(CC(C4)C2)C3)c(OC)c1. The summed E-state index contributed by atoms with van der Waals surface area (Å²) < 4.78 is 10.6. The van der Waals surface area contributed by atoms with Crippen molar-refractivity contribution in [1.29, 1.82) is 0 Å². The van der Waals surface area contributed by atoms with E-state index in [0.717, 1.165) is 24.3 Å². The lowest BCUT2D eigenvalue weighted by atomic mass is 9.49. The van der Waals surface area contributed by atoms with E-state index < -0.39 is 0 Å². The number of hydrogen-bond acceptors (Lipinski definition) is 3. The van der Waals surface area contributed by atoms with Gasteiger partial charge >= 0.3 is 0 Å². The largest absolute Gasteiger partial charge is 0.497 e. The van der Waals surface area contributed by atoms with Gasteiger partial charge in [-0.3, -0.25) is 4.79 Å². The van der Waals surface area contributed by atoms with Gasteiger partial charge in [-0.1, -0.05) is 0 Å². The number of amides is 1. The van der Waals surface area contributed by atoms with Crippen LogP contribution in [-0.2, 0) is 0 Å². The van der Waals surface area contributed by atoms with Crippen LogP contribution in [0.5, 0.6) is 11.5 Å². The number of methoxy groups -OCH3 is 2. The van der Waals surface area contributed by atoms with Crippen molar-refractivity contribution >= 4 is 5.91 Å². The molecular weight excluding hydrogens is 302 g/mol. The van der Waals surface area contributed by atoms with Gasteiger partial charge < -0.3 is 14.8 Å². The Morgan fingerprint density at radius 1 is 1.08 bits per heavy atom. The molecule has 4 fully saturated rings. The highest BCUT2D eigenvalue weighted by Gasteiger charge is 2.50. The Bertz CT molecular complexity index is 604. The molecule has 1 aromatic rings. The van der Waals surface area contributed by atoms with Crippen molar-refractivity contribution in [3.05, 3.63) is 23.8 Å². The van der Waals surface area contributed by atoms with E-state index in [0.29, 0.717) is 22.5 Å². The first kappa shape index (κ1) is 15.8. The first-order valence-electron chi connectivity index (χ1n) is 9.11. The zero-order chi connectivity index (χ0) is 16.7. The first-order chi connectivity index (χ1) is 11.6. The molecule has 4 heteroatoms. The molecule has 24 heavy (non-hydrogen) atoms. The molecule has 1 N–H and O–H groups in total. The maximum Gasteiger partial charge on any atom is 0.255 e. The minimum Gasteiger partial charge on any atom is -0.497 e. The normalized spacial score (nSPS) is 33.3. The lowest BCUT2D eigenvalue weighted by Crippen LogP contribution is -2.51. The predicted octanol–water partition coefficient (Wildman–Crippen LogP) is 3.65. The topological polar surface area (TPSA) is 47.6 Å². The molecule has 1 aromatic carbocycles. The zero-order valence-corrected chi connectivity index (χ0v) is 14.6. The number of carbonyl (C=O) groups excluding carboxylic acids is 1. The van der Waals surface area contributed by atoms with E-state index in [-0.39, 0.29) is 5.91 Å². The summed E-state index contributed by atoms with van der Waals surface area (Å²) in [6, 6.07) is 5.36. The van der Waals surface area contributed by atoms with E-state index in [2.05, 4.69) is 5.32 Å². The Hall–Kier alpha value is -1.71. The Morgan fingerprint density at radius 3 is 2.25 bits per heavy atom. The Labute approximate surface area is 143 Å². The zero-order valence-electron chi connectivity index (χ0n) is 14.6. The van der Waals surface area contributed by atoms with Gasteiger partial charge in [0, 0.05) is 12.6 Å². The van der Waals surface area contributed by atoms with Crippen LogP contribution in [0.15, 0.2) is 18.2 Å². The van der Waals surface area contributed by atoms with E-state index in [9.17, 15) is 4.79 Å². The Balaban J connectivity index is 1.45. The fraction of sp³-hybridized carbons (Fsp3) is 0.650. The summed E-state index contributed by atoms with van der Waals surface area (Å²) >= 11 is 0. The average Bonchev–Trinajstić information content (AvgIpc) is 2.58. The third kappa shape index (κ3) is 2.76. The minimum absolute atomic E-state index is 0.0368. The van der Waals surface area contributed by atoms with Gasteiger partial charge in [-0.15, -0.1) is 0 Å². The number of rotatable bonds is 5. The van der Waals surface area contributed by atoms with Gasteiger partial charge in [-0.2, -0.15) is 0 Å². The first-order valence-corrected chi connectivity index (χ1v) is 9.11. The Kier molecular flexibility index (Phi) is 3.93. The van der Waals surface area contributed by atoms with Crippen molar-refractivity contribution in [2.24, 2.45) is 23.2 Å². The molecule has 4 aliphatic carbocycles. The summed E-state index contributed by atoms with van der Waals surface area (Å²) in [6.45, 7) is 0.810. The predicted molar refractivity (Wildman–Crippen MR) is 92.5 cm³/mol. The lowest BCUT2D eigenvalue weighted by Gasteiger charge is -2.56. The quantitative estimate of drug-likeness (QED) is 0.897. The van der Waals surface area contributed by atoms with Crippen LogP contribution in [0, 0.1) is 23.2 Å². The van der Waals surface area contributed by atoms with Gasteiger partial charge in [0.05, 0.1) is 19.8 Å². The van der Waals surface area contributed by atoms with E-state index >= 15 is 0 Å². The van der Waals surface area contributed by atoms with Crippen LogP contribution in [0.2, 0.25) is 0 Å². The van der Waals surface area contributed by atoms with Crippen molar-refractivity contribution in [3.63, 3.8) is 0 Å². The minimum atomic E-state index is -0.0368. The van der Waals surface area contributed by atoms with Gasteiger partial charge in [-0.05, 0) is 73.8 Å². The summed E-state index contributed by atoms with van der Waals surface area (Å²) in [6.07, 6.45) is 8.20. The van der Waals surface area contributed by atoms with Gasteiger partial charge in [0.1, 0.15) is 11.5 Å². The van der Waals surface area contributed by atoms with E-state index in [4.69, 9.17) is 9.47 Å². The van der Waals surface area contributed by atoms with Gasteiger partial charge in [0.15, 0.2) is 0 Å². The average molecular weight is 329 g/mol. The second-order valence-corrected chi connectivity index (χ2v) is 8.17. The fourth-order valence-corrected chi connectivity index (χ4v) is 5.86. The van der Waals surface area contributed by atoms with E-state index in [1.807, 2.05) is 6.07 Å². The molecule has 0 aliphatic heterocycles. The van der Waals surface area contributed by atoms with Crippen LogP contribution < -0.4 is 14.8 Å². The van der Waals surface area contributed by atoms with Crippen molar-refractivity contribution in [3.8, 4) is 11.5 Å². The summed E-state index contributed by atoms with van der Waals surface area (Å²) in [5.41, 5.74) is 0.937. The van der Waals surface area contributed by atoms with E-state index in [1.54, 1.807) is 26.4 Å². The molecule has 4 saturated carbocycles. The van der Waals surface area contributed by atoms with Crippen molar-refractivity contribution in [2.75, 3.05) is 20.8 Å². The van der Waals surface area contributed by atoms with Crippen LogP contribution in [-0.4, -0.2) is 26.7 Å². The van der Waals surface area contributed by atoms with Crippen LogP contribution in [0.25, 0.3) is 0 Å². The number of ether oxygens (including phenoxy) is 2. The molecule has 4 aliphatic rings. The number of benzene rings is 1. The van der Waals surface area contributed by atoms with Crippen molar-refractivity contribution in [2.45, 2.75) is 38.5 Å². The lowest BCUT2D eigenvalue weighted by molar-refractivity contribution is -0.0503. The molecular formula is C20H27NO3. The molecule has 4 bridgehead atoms. The molecule has 0 aromatic heterocycles. The van der Waals surface area contributed by atoms with Crippen molar-refractivity contribution in [1.82, 2.24) is 5.32 Å². The Morgan fingerprint density at radius 2 is 1.71 bits per heavy atom. The highest BCUT2D eigenvalue weighted by atomic mass is 16.5. The number of carbonyl (C=O) groups is 1. The molecule has 130 valence electrons. The molecule has 4 nitrogen and oxygen atoms in total.